The van der Waals surface area contributed by atoms with Crippen LogP contribution in [-0.2, 0) is 14.9 Å². The molecule has 0 saturated carbocycles. The van der Waals surface area contributed by atoms with Gasteiger partial charge in [-0.05, 0) is 70.6 Å². The largest absolute Gasteiger partial charge is 0.387 e. The summed E-state index contributed by atoms with van der Waals surface area (Å²) in [5, 5.41) is 13.2. The number of hydrogen-bond acceptors (Lipinski definition) is 4. The molecule has 0 aliphatic carbocycles. The van der Waals surface area contributed by atoms with Crippen molar-refractivity contribution in [3.63, 3.8) is 0 Å². The van der Waals surface area contributed by atoms with Crippen LogP contribution in [0.25, 0.3) is 0 Å². The van der Waals surface area contributed by atoms with E-state index in [-0.39, 0.29) is 12.3 Å². The van der Waals surface area contributed by atoms with Gasteiger partial charge in [-0.3, -0.25) is 9.35 Å². The van der Waals surface area contributed by atoms with Gasteiger partial charge in [-0.15, -0.1) is 0 Å². The Morgan fingerprint density at radius 3 is 1.30 bits per heavy atom. The molecule has 0 aromatic rings. The predicted molar refractivity (Wildman–Crippen MR) is 234 cm³/mol. The lowest BCUT2D eigenvalue weighted by molar-refractivity contribution is -0.122. The molecule has 54 heavy (non-hydrogen) atoms. The zero-order valence-electron chi connectivity index (χ0n) is 34.3. The summed E-state index contributed by atoms with van der Waals surface area (Å²) in [4.78, 5) is 12.5. The lowest BCUT2D eigenvalue weighted by Crippen LogP contribution is -2.46. The first kappa shape index (κ1) is 51.3. The SMILES string of the molecule is CC/C=C\C/C=C\C/C=C\C/C=C\C/C=C\C/C=C\C/C=C\CCCC(=O)NC(CS(=O)(=O)O)C(O)/C=C/CCCCCCCCCCCCCCCC. The summed E-state index contributed by atoms with van der Waals surface area (Å²) in [7, 11) is -4.37. The minimum absolute atomic E-state index is 0.210. The third-order valence-electron chi connectivity index (χ3n) is 9.02. The van der Waals surface area contributed by atoms with Gasteiger partial charge < -0.3 is 10.4 Å². The number of aliphatic hydroxyl groups excluding tert-OH is 1. The van der Waals surface area contributed by atoms with Gasteiger partial charge >= 0.3 is 0 Å². The maximum atomic E-state index is 12.5. The number of aliphatic hydroxyl groups is 1. The Bertz CT molecular complexity index is 1210. The molecule has 1 amide bonds. The number of hydrogen-bond donors (Lipinski definition) is 3. The van der Waals surface area contributed by atoms with Crippen molar-refractivity contribution in [2.75, 3.05) is 5.75 Å². The van der Waals surface area contributed by atoms with Crippen LogP contribution >= 0.6 is 0 Å². The molecule has 7 heteroatoms. The summed E-state index contributed by atoms with van der Waals surface area (Å²) in [5.41, 5.74) is 0. The van der Waals surface area contributed by atoms with Crippen LogP contribution < -0.4 is 5.32 Å². The van der Waals surface area contributed by atoms with Crippen LogP contribution in [0.3, 0.4) is 0 Å². The summed E-state index contributed by atoms with van der Waals surface area (Å²) in [6, 6.07) is -1.09. The first-order valence-electron chi connectivity index (χ1n) is 21.4. The standard InChI is InChI=1S/C47H79NO5S/c1-3-5-7-9-11-13-15-17-19-21-22-23-24-25-26-27-29-31-33-35-37-39-41-43-47(50)48-45(44-54(51,52)53)46(49)42-40-38-36-34-32-30-28-20-18-16-14-12-10-8-6-4-2/h5,7,11,13,17,19,22-23,25-26,29,31,35,37,40,42,45-46,49H,3-4,6,8-10,12,14-16,18,20-21,24,27-28,30,32-34,36,38-39,41,43-44H2,1-2H3,(H,48,50)(H,51,52,53)/b7-5-,13-11-,19-17-,23-22-,26-25-,31-29-,37-35-,42-40+. The zero-order chi connectivity index (χ0) is 39.6. The molecule has 3 N–H and O–H groups in total. The molecule has 0 radical (unpaired) electrons. The van der Waals surface area contributed by atoms with Gasteiger partial charge in [-0.1, -0.05) is 195 Å². The lowest BCUT2D eigenvalue weighted by Gasteiger charge is -2.21. The monoisotopic (exact) mass is 770 g/mol. The molecule has 0 rings (SSSR count). The van der Waals surface area contributed by atoms with E-state index in [1.807, 2.05) is 12.2 Å². The molecule has 0 spiro atoms. The number of unbranched alkanes of at least 4 members (excludes halogenated alkanes) is 15. The summed E-state index contributed by atoms with van der Waals surface area (Å²) >= 11 is 0. The van der Waals surface area contributed by atoms with Crippen LogP contribution in [-0.4, -0.2) is 41.9 Å². The van der Waals surface area contributed by atoms with Crippen LogP contribution in [0.1, 0.15) is 174 Å². The van der Waals surface area contributed by atoms with E-state index in [0.29, 0.717) is 6.42 Å². The highest BCUT2D eigenvalue weighted by Crippen LogP contribution is 2.14. The van der Waals surface area contributed by atoms with Gasteiger partial charge in [0.15, 0.2) is 0 Å². The Labute approximate surface area is 332 Å². The summed E-state index contributed by atoms with van der Waals surface area (Å²) < 4.78 is 32.5. The fraction of sp³-hybridized carbons (Fsp3) is 0.638. The minimum Gasteiger partial charge on any atom is -0.387 e. The highest BCUT2D eigenvalue weighted by Gasteiger charge is 2.24. The molecule has 0 bridgehead atoms. The first-order chi connectivity index (χ1) is 26.3. The normalized spacial score (nSPS) is 14.2. The van der Waals surface area contributed by atoms with Crippen LogP contribution in [0.5, 0.6) is 0 Å². The molecule has 0 fully saturated rings. The van der Waals surface area contributed by atoms with E-state index in [4.69, 9.17) is 0 Å². The van der Waals surface area contributed by atoms with Crippen molar-refractivity contribution in [3.05, 3.63) is 97.2 Å². The Hall–Kier alpha value is -2.74. The second kappa shape index (κ2) is 39.9. The van der Waals surface area contributed by atoms with E-state index >= 15 is 0 Å². The fourth-order valence-corrected chi connectivity index (χ4v) is 6.58. The number of carbonyl (C=O) groups excluding carboxylic acids is 1. The fourth-order valence-electron chi connectivity index (χ4n) is 5.85. The van der Waals surface area contributed by atoms with Gasteiger partial charge in [-0.25, -0.2) is 0 Å². The van der Waals surface area contributed by atoms with Crippen molar-refractivity contribution < 1.29 is 22.9 Å². The van der Waals surface area contributed by atoms with Gasteiger partial charge in [0.05, 0.1) is 17.9 Å². The number of nitrogens with one attached hydrogen (secondary N) is 1. The van der Waals surface area contributed by atoms with Crippen LogP contribution in [0, 0.1) is 0 Å². The lowest BCUT2D eigenvalue weighted by atomic mass is 10.0. The third-order valence-corrected chi connectivity index (χ3v) is 9.80. The second-order valence-corrected chi connectivity index (χ2v) is 15.7. The molecular weight excluding hydrogens is 691 g/mol. The number of amides is 1. The highest BCUT2D eigenvalue weighted by atomic mass is 32.2. The maximum Gasteiger partial charge on any atom is 0.267 e. The van der Waals surface area contributed by atoms with E-state index < -0.39 is 28.0 Å². The van der Waals surface area contributed by atoms with Crippen molar-refractivity contribution in [2.45, 2.75) is 187 Å². The van der Waals surface area contributed by atoms with Crippen molar-refractivity contribution in [1.29, 1.82) is 0 Å². The molecule has 0 saturated heterocycles. The molecule has 0 aromatic carbocycles. The Kier molecular flexibility index (Phi) is 37.9. The van der Waals surface area contributed by atoms with E-state index in [1.165, 1.54) is 83.1 Å². The molecule has 2 unspecified atom stereocenters. The van der Waals surface area contributed by atoms with Crippen molar-refractivity contribution in [1.82, 2.24) is 5.32 Å². The van der Waals surface area contributed by atoms with Crippen LogP contribution in [0.2, 0.25) is 0 Å². The minimum atomic E-state index is -4.37. The van der Waals surface area contributed by atoms with Gasteiger partial charge in [0.1, 0.15) is 0 Å². The van der Waals surface area contributed by atoms with Gasteiger partial charge in [-0.2, -0.15) is 8.42 Å². The number of rotatable bonds is 37. The second-order valence-electron chi connectivity index (χ2n) is 14.2. The van der Waals surface area contributed by atoms with E-state index in [1.54, 1.807) is 0 Å². The summed E-state index contributed by atoms with van der Waals surface area (Å²) in [5.74, 6) is -1.07. The number of allylic oxidation sites excluding steroid dienone is 15. The van der Waals surface area contributed by atoms with Gasteiger partial charge in [0.25, 0.3) is 10.1 Å². The van der Waals surface area contributed by atoms with Crippen molar-refractivity contribution in [3.8, 4) is 0 Å². The molecule has 0 heterocycles. The molecule has 2 atom stereocenters. The summed E-state index contributed by atoms with van der Waals surface area (Å²) in [6.45, 7) is 4.41. The Balaban J connectivity index is 4.06. The maximum absolute atomic E-state index is 12.5. The van der Waals surface area contributed by atoms with Crippen molar-refractivity contribution >= 4 is 16.0 Å². The molecular formula is C47H79NO5S. The molecule has 0 aromatic heterocycles. The highest BCUT2D eigenvalue weighted by molar-refractivity contribution is 7.85. The quantitative estimate of drug-likeness (QED) is 0.0332. The van der Waals surface area contributed by atoms with Crippen LogP contribution in [0.4, 0.5) is 0 Å². The predicted octanol–water partition coefficient (Wildman–Crippen LogP) is 13.0. The van der Waals surface area contributed by atoms with E-state index in [2.05, 4.69) is 98.2 Å². The average molecular weight is 770 g/mol. The zero-order valence-corrected chi connectivity index (χ0v) is 35.1. The van der Waals surface area contributed by atoms with E-state index in [0.717, 1.165) is 70.6 Å². The first-order valence-corrected chi connectivity index (χ1v) is 23.0. The topological polar surface area (TPSA) is 104 Å². The number of carbonyl (C=O) groups is 1. The molecule has 0 aliphatic heterocycles. The van der Waals surface area contributed by atoms with Crippen molar-refractivity contribution in [2.24, 2.45) is 0 Å². The third kappa shape index (κ3) is 40.4. The Morgan fingerprint density at radius 1 is 0.519 bits per heavy atom. The molecule has 308 valence electrons. The molecule has 0 aliphatic rings. The smallest absolute Gasteiger partial charge is 0.267 e. The Morgan fingerprint density at radius 2 is 0.889 bits per heavy atom. The van der Waals surface area contributed by atoms with Crippen LogP contribution in [0.15, 0.2) is 97.2 Å². The molecule has 6 nitrogen and oxygen atoms in total. The van der Waals surface area contributed by atoms with Gasteiger partial charge in [0, 0.05) is 6.42 Å². The van der Waals surface area contributed by atoms with Gasteiger partial charge in [0.2, 0.25) is 5.91 Å². The average Bonchev–Trinajstić information content (AvgIpc) is 3.14. The summed E-state index contributed by atoms with van der Waals surface area (Å²) in [6.07, 6.45) is 59.7. The van der Waals surface area contributed by atoms with E-state index in [9.17, 15) is 22.9 Å².